The number of benzene rings is 1. The van der Waals surface area contributed by atoms with Gasteiger partial charge in [-0.3, -0.25) is 0 Å². The summed E-state index contributed by atoms with van der Waals surface area (Å²) in [6.07, 6.45) is 0.957. The number of rotatable bonds is 6. The van der Waals surface area contributed by atoms with Crippen LogP contribution in [0.3, 0.4) is 0 Å². The molecule has 0 spiro atoms. The van der Waals surface area contributed by atoms with E-state index < -0.39 is 0 Å². The van der Waals surface area contributed by atoms with E-state index in [0.29, 0.717) is 11.8 Å². The molecule has 104 valence electrons. The summed E-state index contributed by atoms with van der Waals surface area (Å²) in [7, 11) is 0. The van der Waals surface area contributed by atoms with Crippen molar-refractivity contribution < 1.29 is 0 Å². The maximum atomic E-state index is 4.63. The van der Waals surface area contributed by atoms with Gasteiger partial charge in [-0.25, -0.2) is 4.98 Å². The second kappa shape index (κ2) is 6.20. The van der Waals surface area contributed by atoms with Gasteiger partial charge < -0.3 is 10.3 Å². The second-order valence-electron chi connectivity index (χ2n) is 5.96. The first-order chi connectivity index (χ1) is 9.06. The van der Waals surface area contributed by atoms with Crippen LogP contribution in [0.4, 0.5) is 0 Å². The Morgan fingerprint density at radius 1 is 1.21 bits per heavy atom. The van der Waals surface area contributed by atoms with Gasteiger partial charge in [0.15, 0.2) is 0 Å². The maximum Gasteiger partial charge on any atom is 0.108 e. The molecule has 3 heteroatoms. The van der Waals surface area contributed by atoms with Crippen LogP contribution in [0.2, 0.25) is 0 Å². The molecule has 2 N–H and O–H groups in total. The van der Waals surface area contributed by atoms with E-state index in [4.69, 9.17) is 0 Å². The molecule has 0 aliphatic carbocycles. The van der Waals surface area contributed by atoms with E-state index in [0.717, 1.165) is 36.4 Å². The molecule has 0 unspecified atom stereocenters. The fraction of sp³-hybridized carbons (Fsp3) is 0.562. The van der Waals surface area contributed by atoms with Crippen LogP contribution in [0.15, 0.2) is 18.2 Å². The molecule has 0 aliphatic rings. The van der Waals surface area contributed by atoms with E-state index in [9.17, 15) is 0 Å². The summed E-state index contributed by atoms with van der Waals surface area (Å²) in [5, 5.41) is 3.45. The molecule has 0 fully saturated rings. The molecule has 0 aliphatic heterocycles. The zero-order valence-corrected chi connectivity index (χ0v) is 12.5. The maximum absolute atomic E-state index is 4.63. The van der Waals surface area contributed by atoms with Gasteiger partial charge in [0, 0.05) is 13.0 Å². The number of fused-ring (bicyclic) bond motifs is 1. The van der Waals surface area contributed by atoms with Crippen LogP contribution < -0.4 is 5.32 Å². The first-order valence-electron chi connectivity index (χ1n) is 7.25. The van der Waals surface area contributed by atoms with Gasteiger partial charge in [0.25, 0.3) is 0 Å². The number of hydrogen-bond acceptors (Lipinski definition) is 2. The third kappa shape index (κ3) is 3.80. The lowest BCUT2D eigenvalue weighted by Crippen LogP contribution is -2.22. The molecular formula is C16H25N3. The second-order valence-corrected chi connectivity index (χ2v) is 5.96. The predicted octanol–water partition coefficient (Wildman–Crippen LogP) is 3.47. The van der Waals surface area contributed by atoms with Gasteiger partial charge in [0.05, 0.1) is 11.0 Å². The van der Waals surface area contributed by atoms with Crippen molar-refractivity contribution in [2.75, 3.05) is 13.1 Å². The molecular weight excluding hydrogens is 234 g/mol. The molecule has 0 bridgehead atoms. The van der Waals surface area contributed by atoms with Crippen molar-refractivity contribution in [1.29, 1.82) is 0 Å². The third-order valence-electron chi connectivity index (χ3n) is 3.31. The molecule has 2 rings (SSSR count). The Morgan fingerprint density at radius 3 is 2.68 bits per heavy atom. The highest BCUT2D eigenvalue weighted by Crippen LogP contribution is 2.19. The average Bonchev–Trinajstić information content (AvgIpc) is 2.75. The monoisotopic (exact) mass is 259 g/mol. The largest absolute Gasteiger partial charge is 0.342 e. The van der Waals surface area contributed by atoms with Crippen LogP contribution in [0.25, 0.3) is 11.0 Å². The van der Waals surface area contributed by atoms with E-state index in [1.807, 2.05) is 0 Å². The summed E-state index contributed by atoms with van der Waals surface area (Å²) in [6, 6.07) is 6.51. The molecule has 19 heavy (non-hydrogen) atoms. The summed E-state index contributed by atoms with van der Waals surface area (Å²) < 4.78 is 0. The predicted molar refractivity (Wildman–Crippen MR) is 81.6 cm³/mol. The minimum Gasteiger partial charge on any atom is -0.342 e. The van der Waals surface area contributed by atoms with E-state index >= 15 is 0 Å². The molecule has 0 amide bonds. The Balaban J connectivity index is 2.01. The van der Waals surface area contributed by atoms with Crippen molar-refractivity contribution in [3.8, 4) is 0 Å². The Hall–Kier alpha value is -1.35. The number of imidazole rings is 1. The fourth-order valence-electron chi connectivity index (χ4n) is 2.16. The van der Waals surface area contributed by atoms with E-state index in [2.05, 4.69) is 61.2 Å². The van der Waals surface area contributed by atoms with Crippen LogP contribution in [0, 0.1) is 5.92 Å². The van der Waals surface area contributed by atoms with Crippen molar-refractivity contribution in [1.82, 2.24) is 15.3 Å². The van der Waals surface area contributed by atoms with E-state index in [1.54, 1.807) is 0 Å². The van der Waals surface area contributed by atoms with Gasteiger partial charge >= 0.3 is 0 Å². The third-order valence-corrected chi connectivity index (χ3v) is 3.31. The summed E-state index contributed by atoms with van der Waals surface area (Å²) in [5.41, 5.74) is 3.59. The molecule has 1 heterocycles. The van der Waals surface area contributed by atoms with Crippen molar-refractivity contribution >= 4 is 11.0 Å². The van der Waals surface area contributed by atoms with Gasteiger partial charge in [0.2, 0.25) is 0 Å². The highest BCUT2D eigenvalue weighted by molar-refractivity contribution is 5.76. The zero-order chi connectivity index (χ0) is 13.8. The van der Waals surface area contributed by atoms with Crippen LogP contribution in [0.1, 0.15) is 45.0 Å². The summed E-state index contributed by atoms with van der Waals surface area (Å²) >= 11 is 0. The van der Waals surface area contributed by atoms with Gasteiger partial charge in [-0.1, -0.05) is 33.8 Å². The van der Waals surface area contributed by atoms with Crippen molar-refractivity contribution in [3.05, 3.63) is 29.6 Å². The van der Waals surface area contributed by atoms with E-state index in [-0.39, 0.29) is 0 Å². The highest BCUT2D eigenvalue weighted by Gasteiger charge is 2.05. The summed E-state index contributed by atoms with van der Waals surface area (Å²) in [6.45, 7) is 10.9. The lowest BCUT2D eigenvalue weighted by atomic mass is 10.0. The number of H-pyrrole nitrogens is 1. The zero-order valence-electron chi connectivity index (χ0n) is 12.5. The number of nitrogens with one attached hydrogen (secondary N) is 2. The first-order valence-corrected chi connectivity index (χ1v) is 7.25. The smallest absolute Gasteiger partial charge is 0.108 e. The lowest BCUT2D eigenvalue weighted by Gasteiger charge is -2.05. The van der Waals surface area contributed by atoms with Gasteiger partial charge in [-0.15, -0.1) is 0 Å². The van der Waals surface area contributed by atoms with Crippen molar-refractivity contribution in [2.45, 2.75) is 40.0 Å². The van der Waals surface area contributed by atoms with Crippen molar-refractivity contribution in [3.63, 3.8) is 0 Å². The van der Waals surface area contributed by atoms with E-state index in [1.165, 1.54) is 5.56 Å². The number of nitrogens with zero attached hydrogens (tertiary/aromatic N) is 1. The first kappa shape index (κ1) is 14.1. The van der Waals surface area contributed by atoms with Crippen LogP contribution in [-0.4, -0.2) is 23.1 Å². The quantitative estimate of drug-likeness (QED) is 0.780. The molecule has 3 nitrogen and oxygen atoms in total. The van der Waals surface area contributed by atoms with Crippen LogP contribution in [-0.2, 0) is 6.42 Å². The number of aromatic nitrogens is 2. The standard InChI is InChI=1S/C16H25N3/c1-11(2)10-17-8-7-16-18-14-6-5-13(12(3)4)9-15(14)19-16/h5-6,9,11-12,17H,7-8,10H2,1-4H3,(H,18,19). The lowest BCUT2D eigenvalue weighted by molar-refractivity contribution is 0.551. The molecule has 1 aromatic heterocycles. The molecule has 0 radical (unpaired) electrons. The van der Waals surface area contributed by atoms with Crippen molar-refractivity contribution in [2.24, 2.45) is 5.92 Å². The van der Waals surface area contributed by atoms with Gasteiger partial charge in [-0.2, -0.15) is 0 Å². The minimum atomic E-state index is 0.559. The Morgan fingerprint density at radius 2 is 2.00 bits per heavy atom. The van der Waals surface area contributed by atoms with Gasteiger partial charge in [-0.05, 0) is 36.1 Å². The average molecular weight is 259 g/mol. The number of aromatic amines is 1. The number of hydrogen-bond donors (Lipinski definition) is 2. The van der Waals surface area contributed by atoms with Gasteiger partial charge in [0.1, 0.15) is 5.82 Å². The summed E-state index contributed by atoms with van der Waals surface area (Å²) in [5.74, 6) is 2.33. The Labute approximate surface area is 115 Å². The molecule has 0 saturated heterocycles. The topological polar surface area (TPSA) is 40.7 Å². The normalized spacial score (nSPS) is 11.9. The molecule has 2 aromatic rings. The molecule has 0 atom stereocenters. The summed E-state index contributed by atoms with van der Waals surface area (Å²) in [4.78, 5) is 8.06. The Kier molecular flexibility index (Phi) is 4.59. The highest BCUT2D eigenvalue weighted by atomic mass is 14.9. The SMILES string of the molecule is CC(C)CNCCc1nc2ccc(C(C)C)cc2[nH]1. The van der Waals surface area contributed by atoms with Crippen LogP contribution in [0.5, 0.6) is 0 Å². The Bertz CT molecular complexity index is 526. The molecule has 1 aromatic carbocycles. The minimum absolute atomic E-state index is 0.559. The fourth-order valence-corrected chi connectivity index (χ4v) is 2.16. The molecule has 0 saturated carbocycles. The van der Waals surface area contributed by atoms with Crippen LogP contribution >= 0.6 is 0 Å².